The number of ether oxygens (including phenoxy) is 3. The molecule has 0 saturated heterocycles. The van der Waals surface area contributed by atoms with E-state index in [-0.39, 0.29) is 37.5 Å². The molecule has 0 radical (unpaired) electrons. The first-order valence-electron chi connectivity index (χ1n) is 23.1. The number of carbonyl (C=O) groups excluding carboxylic acids is 3. The number of rotatable bonds is 40. The fourth-order valence-electron chi connectivity index (χ4n) is 5.85. The van der Waals surface area contributed by atoms with Crippen molar-refractivity contribution in [3.05, 3.63) is 85.1 Å². The Hall–Kier alpha value is -3.41. The Kier molecular flexibility index (Phi) is 42.6. The van der Waals surface area contributed by atoms with Gasteiger partial charge in [0, 0.05) is 19.3 Å². The van der Waals surface area contributed by atoms with Crippen molar-refractivity contribution in [3.63, 3.8) is 0 Å². The Bertz CT molecular complexity index is 1090. The minimum Gasteiger partial charge on any atom is -0.462 e. The Balaban J connectivity index is 4.51. The predicted octanol–water partition coefficient (Wildman–Crippen LogP) is 14.9. The van der Waals surface area contributed by atoms with Crippen LogP contribution in [0.25, 0.3) is 0 Å². The molecule has 0 atom stereocenters. The van der Waals surface area contributed by atoms with Gasteiger partial charge in [-0.25, -0.2) is 0 Å². The molecule has 0 N–H and O–H groups in total. The smallest absolute Gasteiger partial charge is 0.306 e. The molecule has 57 heavy (non-hydrogen) atoms. The summed E-state index contributed by atoms with van der Waals surface area (Å²) in [6.07, 6.45) is 57.1. The van der Waals surface area contributed by atoms with E-state index in [1.165, 1.54) is 51.4 Å². The zero-order valence-electron chi connectivity index (χ0n) is 36.8. The van der Waals surface area contributed by atoms with Crippen LogP contribution in [-0.2, 0) is 28.6 Å². The number of hydrogen-bond acceptors (Lipinski definition) is 6. The molecule has 0 heterocycles. The third-order valence-corrected chi connectivity index (χ3v) is 9.35. The molecule has 6 nitrogen and oxygen atoms in total. The normalized spacial score (nSPS) is 12.4. The van der Waals surface area contributed by atoms with E-state index in [1.54, 1.807) is 0 Å². The molecule has 0 saturated carbocycles. The fourth-order valence-corrected chi connectivity index (χ4v) is 5.85. The van der Waals surface area contributed by atoms with Gasteiger partial charge in [-0.2, -0.15) is 0 Å². The summed E-state index contributed by atoms with van der Waals surface area (Å²) < 4.78 is 16.6. The van der Waals surface area contributed by atoms with Gasteiger partial charge in [0.25, 0.3) is 0 Å². The summed E-state index contributed by atoms with van der Waals surface area (Å²) in [7, 11) is 0. The third-order valence-electron chi connectivity index (χ3n) is 9.35. The molecule has 324 valence electrons. The highest BCUT2D eigenvalue weighted by molar-refractivity contribution is 5.71. The number of hydrogen-bond donors (Lipinski definition) is 0. The van der Waals surface area contributed by atoms with Crippen molar-refractivity contribution in [3.8, 4) is 0 Å². The summed E-state index contributed by atoms with van der Waals surface area (Å²) in [5.41, 5.74) is 0. The van der Waals surface area contributed by atoms with Crippen molar-refractivity contribution in [1.82, 2.24) is 0 Å². The molecular weight excluding hydrogens is 709 g/mol. The molecule has 0 rings (SSSR count). The Morgan fingerprint density at radius 3 is 1.14 bits per heavy atom. The summed E-state index contributed by atoms with van der Waals surface area (Å²) in [4.78, 5) is 37.7. The van der Waals surface area contributed by atoms with Crippen LogP contribution in [0.5, 0.6) is 0 Å². The monoisotopic (exact) mass is 793 g/mol. The van der Waals surface area contributed by atoms with Crippen LogP contribution >= 0.6 is 0 Å². The van der Waals surface area contributed by atoms with Gasteiger partial charge in [0.15, 0.2) is 6.10 Å². The van der Waals surface area contributed by atoms with Crippen molar-refractivity contribution < 1.29 is 28.6 Å². The van der Waals surface area contributed by atoms with E-state index in [2.05, 4.69) is 106 Å². The Morgan fingerprint density at radius 1 is 0.368 bits per heavy atom. The van der Waals surface area contributed by atoms with E-state index in [4.69, 9.17) is 14.2 Å². The molecular formula is C51H84O6. The highest BCUT2D eigenvalue weighted by atomic mass is 16.6. The molecule has 0 fully saturated rings. The molecule has 0 aromatic heterocycles. The largest absolute Gasteiger partial charge is 0.462 e. The number of unbranched alkanes of at least 4 members (excludes halogenated alkanes) is 15. The maximum absolute atomic E-state index is 12.7. The van der Waals surface area contributed by atoms with Gasteiger partial charge in [0.2, 0.25) is 0 Å². The van der Waals surface area contributed by atoms with Crippen LogP contribution in [0.1, 0.15) is 201 Å². The summed E-state index contributed by atoms with van der Waals surface area (Å²) in [5.74, 6) is -0.994. The lowest BCUT2D eigenvalue weighted by atomic mass is 10.1. The highest BCUT2D eigenvalue weighted by Gasteiger charge is 2.19. The van der Waals surface area contributed by atoms with Gasteiger partial charge >= 0.3 is 17.9 Å². The highest BCUT2D eigenvalue weighted by Crippen LogP contribution is 2.12. The second-order valence-electron chi connectivity index (χ2n) is 14.9. The zero-order valence-corrected chi connectivity index (χ0v) is 36.8. The van der Waals surface area contributed by atoms with Crippen LogP contribution in [-0.4, -0.2) is 37.2 Å². The van der Waals surface area contributed by atoms with Crippen LogP contribution in [0.15, 0.2) is 85.1 Å². The van der Waals surface area contributed by atoms with Crippen molar-refractivity contribution in [2.75, 3.05) is 13.2 Å². The molecule has 0 bridgehead atoms. The molecule has 0 amide bonds. The van der Waals surface area contributed by atoms with Gasteiger partial charge in [-0.1, -0.05) is 170 Å². The minimum atomic E-state index is -0.810. The molecule has 0 spiro atoms. The molecule has 0 aromatic carbocycles. The average Bonchev–Trinajstić information content (AvgIpc) is 3.21. The molecule has 6 heteroatoms. The molecule has 0 aliphatic heterocycles. The molecule has 0 aromatic rings. The predicted molar refractivity (Wildman–Crippen MR) is 242 cm³/mol. The zero-order chi connectivity index (χ0) is 41.5. The SMILES string of the molecule is CC/C=C\C/C=C\C/C=C\C/C=C\C/C=C\CCCC(=O)OC(COC(=O)CCCCCCC/C=C\CCCC)COC(=O)CCCCCCC/C=C\CCCC. The van der Waals surface area contributed by atoms with Crippen molar-refractivity contribution in [1.29, 1.82) is 0 Å². The van der Waals surface area contributed by atoms with E-state index in [0.29, 0.717) is 19.3 Å². The fraction of sp³-hybridized carbons (Fsp3) is 0.667. The van der Waals surface area contributed by atoms with E-state index >= 15 is 0 Å². The minimum absolute atomic E-state index is 0.107. The van der Waals surface area contributed by atoms with Crippen LogP contribution in [0.3, 0.4) is 0 Å². The molecule has 0 unspecified atom stereocenters. The van der Waals surface area contributed by atoms with E-state index in [9.17, 15) is 14.4 Å². The van der Waals surface area contributed by atoms with Crippen LogP contribution < -0.4 is 0 Å². The molecule has 0 aliphatic carbocycles. The van der Waals surface area contributed by atoms with E-state index in [1.807, 2.05) is 0 Å². The van der Waals surface area contributed by atoms with Gasteiger partial charge in [-0.3, -0.25) is 14.4 Å². The van der Waals surface area contributed by atoms with Crippen molar-refractivity contribution in [2.45, 2.75) is 207 Å². The van der Waals surface area contributed by atoms with Gasteiger partial charge in [0.1, 0.15) is 13.2 Å². The Labute approximate surface area is 350 Å². The van der Waals surface area contributed by atoms with Crippen LogP contribution in [0, 0.1) is 0 Å². The molecule has 0 aliphatic rings. The van der Waals surface area contributed by atoms with Crippen molar-refractivity contribution in [2.24, 2.45) is 0 Å². The summed E-state index contributed by atoms with van der Waals surface area (Å²) in [6.45, 7) is 6.36. The van der Waals surface area contributed by atoms with E-state index < -0.39 is 6.10 Å². The lowest BCUT2D eigenvalue weighted by Gasteiger charge is -2.18. The average molecular weight is 793 g/mol. The lowest BCUT2D eigenvalue weighted by Crippen LogP contribution is -2.30. The summed E-state index contributed by atoms with van der Waals surface area (Å²) in [5, 5.41) is 0. The maximum Gasteiger partial charge on any atom is 0.306 e. The first kappa shape index (κ1) is 53.6. The first-order valence-corrected chi connectivity index (χ1v) is 23.1. The topological polar surface area (TPSA) is 78.9 Å². The number of allylic oxidation sites excluding steroid dienone is 14. The second kappa shape index (κ2) is 45.3. The quantitative estimate of drug-likeness (QED) is 0.0266. The standard InChI is InChI=1S/C51H84O6/c1-4-7-10-13-16-19-22-23-24-25-26-27-30-33-36-39-42-45-51(54)57-48(46-55-49(52)43-40-37-34-31-28-20-17-14-11-8-5-2)47-56-50(53)44-41-38-35-32-29-21-18-15-12-9-6-3/h7,10,14-19,23-24,26-27,33,36,48H,4-6,8-9,11-13,20-22,25,28-32,34-35,37-47H2,1-3H3/b10-7-,17-14-,18-15-,19-16-,24-23-,27-26-,36-33-. The Morgan fingerprint density at radius 2 is 0.702 bits per heavy atom. The number of carbonyl (C=O) groups is 3. The third kappa shape index (κ3) is 43.6. The summed E-state index contributed by atoms with van der Waals surface area (Å²) in [6, 6.07) is 0. The van der Waals surface area contributed by atoms with Gasteiger partial charge in [-0.05, 0) is 96.3 Å². The second-order valence-corrected chi connectivity index (χ2v) is 14.9. The maximum atomic E-state index is 12.7. The van der Waals surface area contributed by atoms with E-state index in [0.717, 1.165) is 103 Å². The summed E-state index contributed by atoms with van der Waals surface area (Å²) >= 11 is 0. The number of esters is 3. The first-order chi connectivity index (χ1) is 28.0. The van der Waals surface area contributed by atoms with Crippen molar-refractivity contribution >= 4 is 17.9 Å². The van der Waals surface area contributed by atoms with Gasteiger partial charge in [0.05, 0.1) is 0 Å². The van der Waals surface area contributed by atoms with Gasteiger partial charge in [-0.15, -0.1) is 0 Å². The van der Waals surface area contributed by atoms with Gasteiger partial charge < -0.3 is 14.2 Å². The lowest BCUT2D eigenvalue weighted by molar-refractivity contribution is -0.167. The van der Waals surface area contributed by atoms with Crippen LogP contribution in [0.2, 0.25) is 0 Å². The van der Waals surface area contributed by atoms with Crippen LogP contribution in [0.4, 0.5) is 0 Å².